The average molecular weight is 462 g/mol. The van der Waals surface area contributed by atoms with Gasteiger partial charge in [-0.05, 0) is 61.7 Å². The van der Waals surface area contributed by atoms with Gasteiger partial charge in [-0.1, -0.05) is 24.3 Å². The standard InChI is InChI=1S/C27H25F2N3O2/c1-18-17-19(9-10-23(18)32-16-13-30-22-7-2-3-8-24(22)32)26(33)31-14-11-27(34,12-15-31)20-5-4-6-21(28)25(20)29/h2-10,13,17,34H,11-12,14-16H2,1H3. The van der Waals surface area contributed by atoms with E-state index in [1.54, 1.807) is 4.90 Å². The number of carbonyl (C=O) groups is 1. The van der Waals surface area contributed by atoms with Gasteiger partial charge in [-0.25, -0.2) is 8.78 Å². The Kier molecular flexibility index (Phi) is 5.65. The van der Waals surface area contributed by atoms with E-state index in [-0.39, 0.29) is 37.4 Å². The maximum atomic E-state index is 14.3. The number of benzene rings is 3. The number of carbonyl (C=O) groups excluding carboxylic acids is 1. The van der Waals surface area contributed by atoms with Gasteiger partial charge in [0.1, 0.15) is 0 Å². The molecule has 1 amide bonds. The minimum absolute atomic E-state index is 0.0508. The molecule has 2 aliphatic rings. The molecule has 0 atom stereocenters. The minimum atomic E-state index is -1.49. The van der Waals surface area contributed by atoms with Crippen LogP contribution in [0.25, 0.3) is 0 Å². The molecule has 0 aromatic heterocycles. The third-order valence-corrected chi connectivity index (χ3v) is 6.73. The number of fused-ring (bicyclic) bond motifs is 1. The van der Waals surface area contributed by atoms with Crippen LogP contribution in [0.5, 0.6) is 0 Å². The molecule has 1 N–H and O–H groups in total. The lowest BCUT2D eigenvalue weighted by atomic mass is 9.84. The number of aliphatic imine (C=N–C) groups is 1. The Hall–Kier alpha value is -3.58. The van der Waals surface area contributed by atoms with Crippen molar-refractivity contribution < 1.29 is 18.7 Å². The van der Waals surface area contributed by atoms with Gasteiger partial charge in [0.25, 0.3) is 5.91 Å². The normalized spacial score (nSPS) is 16.9. The largest absolute Gasteiger partial charge is 0.385 e. The molecule has 0 aliphatic carbocycles. The summed E-state index contributed by atoms with van der Waals surface area (Å²) >= 11 is 0. The molecule has 0 unspecified atom stereocenters. The van der Waals surface area contributed by atoms with E-state index < -0.39 is 17.2 Å². The summed E-state index contributed by atoms with van der Waals surface area (Å²) < 4.78 is 27.9. The highest BCUT2D eigenvalue weighted by Gasteiger charge is 2.38. The molecule has 0 spiro atoms. The van der Waals surface area contributed by atoms with E-state index in [9.17, 15) is 18.7 Å². The fourth-order valence-corrected chi connectivity index (χ4v) is 4.84. The maximum Gasteiger partial charge on any atom is 0.253 e. The predicted octanol–water partition coefficient (Wildman–Crippen LogP) is 5.25. The molecule has 1 saturated heterocycles. The van der Waals surface area contributed by atoms with Crippen LogP contribution in [0.4, 0.5) is 25.8 Å². The van der Waals surface area contributed by atoms with Crippen molar-refractivity contribution in [2.75, 3.05) is 24.5 Å². The van der Waals surface area contributed by atoms with Gasteiger partial charge in [0.2, 0.25) is 0 Å². The number of rotatable bonds is 3. The van der Waals surface area contributed by atoms with Gasteiger partial charge in [-0.2, -0.15) is 0 Å². The van der Waals surface area contributed by atoms with E-state index in [2.05, 4.69) is 9.89 Å². The zero-order valence-electron chi connectivity index (χ0n) is 18.8. The van der Waals surface area contributed by atoms with Gasteiger partial charge in [-0.3, -0.25) is 9.79 Å². The van der Waals surface area contributed by atoms with Gasteiger partial charge in [0.15, 0.2) is 11.6 Å². The van der Waals surface area contributed by atoms with E-state index in [1.807, 2.05) is 55.6 Å². The first kappa shape index (κ1) is 22.2. The van der Waals surface area contributed by atoms with Crippen LogP contribution >= 0.6 is 0 Å². The second-order valence-electron chi connectivity index (χ2n) is 8.84. The Morgan fingerprint density at radius 1 is 1.00 bits per heavy atom. The number of likely N-dealkylation sites (tertiary alicyclic amines) is 1. The van der Waals surface area contributed by atoms with Gasteiger partial charge >= 0.3 is 0 Å². The van der Waals surface area contributed by atoms with Crippen LogP contribution in [0.3, 0.4) is 0 Å². The number of hydrogen-bond acceptors (Lipinski definition) is 4. The zero-order valence-corrected chi connectivity index (χ0v) is 18.8. The van der Waals surface area contributed by atoms with E-state index in [1.165, 1.54) is 12.1 Å². The van der Waals surface area contributed by atoms with E-state index >= 15 is 0 Å². The molecule has 5 nitrogen and oxygen atoms in total. The first-order valence-corrected chi connectivity index (χ1v) is 11.3. The van der Waals surface area contributed by atoms with Crippen LogP contribution in [-0.4, -0.2) is 41.8 Å². The summed E-state index contributed by atoms with van der Waals surface area (Å²) in [5.41, 5.74) is 2.91. The number of para-hydroxylation sites is 2. The quantitative estimate of drug-likeness (QED) is 0.580. The van der Waals surface area contributed by atoms with Crippen LogP contribution in [-0.2, 0) is 5.60 Å². The van der Waals surface area contributed by atoms with Crippen molar-refractivity contribution in [3.63, 3.8) is 0 Å². The van der Waals surface area contributed by atoms with Gasteiger partial charge in [-0.15, -0.1) is 0 Å². The summed E-state index contributed by atoms with van der Waals surface area (Å²) in [5.74, 6) is -2.15. The van der Waals surface area contributed by atoms with Crippen LogP contribution in [0.15, 0.2) is 65.7 Å². The van der Waals surface area contributed by atoms with E-state index in [0.717, 1.165) is 28.7 Å². The van der Waals surface area contributed by atoms with Crippen molar-refractivity contribution in [3.05, 3.63) is 89.0 Å². The number of nitrogens with zero attached hydrogens (tertiary/aromatic N) is 3. The van der Waals surface area contributed by atoms with Crippen molar-refractivity contribution in [2.24, 2.45) is 4.99 Å². The summed E-state index contributed by atoms with van der Waals surface area (Å²) in [4.78, 5) is 21.5. The van der Waals surface area contributed by atoms with Crippen molar-refractivity contribution in [1.29, 1.82) is 0 Å². The second-order valence-corrected chi connectivity index (χ2v) is 8.84. The number of anilines is 2. The van der Waals surface area contributed by atoms with Crippen LogP contribution in [0.2, 0.25) is 0 Å². The Labute approximate surface area is 197 Å². The molecule has 3 aromatic rings. The maximum absolute atomic E-state index is 14.3. The number of aliphatic hydroxyl groups is 1. The predicted molar refractivity (Wildman–Crippen MR) is 128 cm³/mol. The lowest BCUT2D eigenvalue weighted by molar-refractivity contribution is -0.0240. The van der Waals surface area contributed by atoms with Gasteiger partial charge in [0.05, 0.1) is 23.5 Å². The highest BCUT2D eigenvalue weighted by molar-refractivity contribution is 5.96. The molecule has 2 heterocycles. The molecule has 5 rings (SSSR count). The molecule has 174 valence electrons. The van der Waals surface area contributed by atoms with Crippen LogP contribution < -0.4 is 4.90 Å². The summed E-state index contributed by atoms with van der Waals surface area (Å²) in [6.45, 7) is 3.12. The molecule has 3 aromatic carbocycles. The third kappa shape index (κ3) is 3.86. The summed E-state index contributed by atoms with van der Waals surface area (Å²) in [7, 11) is 0. The minimum Gasteiger partial charge on any atom is -0.385 e. The first-order chi connectivity index (χ1) is 16.4. The Morgan fingerprint density at radius 3 is 2.53 bits per heavy atom. The molecular formula is C27H25F2N3O2. The molecule has 34 heavy (non-hydrogen) atoms. The lowest BCUT2D eigenvalue weighted by Crippen LogP contribution is -2.45. The fourth-order valence-electron chi connectivity index (χ4n) is 4.84. The van der Waals surface area contributed by atoms with Crippen molar-refractivity contribution in [3.8, 4) is 0 Å². The molecule has 0 radical (unpaired) electrons. The molecule has 0 bridgehead atoms. The van der Waals surface area contributed by atoms with Crippen molar-refractivity contribution in [1.82, 2.24) is 4.90 Å². The summed E-state index contributed by atoms with van der Waals surface area (Å²) in [6.07, 6.45) is 2.15. The number of halogens is 2. The highest BCUT2D eigenvalue weighted by atomic mass is 19.2. The summed E-state index contributed by atoms with van der Waals surface area (Å²) in [6, 6.07) is 17.4. The smallest absolute Gasteiger partial charge is 0.253 e. The average Bonchev–Trinajstić information content (AvgIpc) is 2.85. The lowest BCUT2D eigenvalue weighted by Gasteiger charge is -2.38. The molecule has 7 heteroatoms. The molecular weight excluding hydrogens is 436 g/mol. The number of hydrogen-bond donors (Lipinski definition) is 1. The van der Waals surface area contributed by atoms with Crippen molar-refractivity contribution >= 4 is 29.2 Å². The van der Waals surface area contributed by atoms with Gasteiger partial charge in [0, 0.05) is 36.1 Å². The Morgan fingerprint density at radius 2 is 1.76 bits per heavy atom. The first-order valence-electron chi connectivity index (χ1n) is 11.3. The Bertz CT molecular complexity index is 1280. The Balaban J connectivity index is 1.32. The molecule has 2 aliphatic heterocycles. The van der Waals surface area contributed by atoms with Crippen LogP contribution in [0, 0.1) is 18.6 Å². The number of aryl methyl sites for hydroxylation is 1. The topological polar surface area (TPSA) is 56.1 Å². The third-order valence-electron chi connectivity index (χ3n) is 6.73. The van der Waals surface area contributed by atoms with Gasteiger partial charge < -0.3 is 14.9 Å². The molecule has 0 saturated carbocycles. The van der Waals surface area contributed by atoms with E-state index in [4.69, 9.17) is 0 Å². The zero-order chi connectivity index (χ0) is 23.9. The molecule has 1 fully saturated rings. The van der Waals surface area contributed by atoms with E-state index in [0.29, 0.717) is 12.1 Å². The van der Waals surface area contributed by atoms with Crippen LogP contribution in [0.1, 0.15) is 34.3 Å². The SMILES string of the molecule is Cc1cc(C(=O)N2CCC(O)(c3cccc(F)c3F)CC2)ccc1N1CC=Nc2ccccc21. The monoisotopic (exact) mass is 461 g/mol. The number of amides is 1. The highest BCUT2D eigenvalue weighted by Crippen LogP contribution is 2.38. The second kappa shape index (κ2) is 8.65. The fraction of sp³-hybridized carbons (Fsp3) is 0.259. The number of piperidine rings is 1. The van der Waals surface area contributed by atoms with Crippen molar-refractivity contribution in [2.45, 2.75) is 25.4 Å². The summed E-state index contributed by atoms with van der Waals surface area (Å²) in [5, 5.41) is 11.0.